The number of piperazine rings is 1. The van der Waals surface area contributed by atoms with Crippen LogP contribution in [0.1, 0.15) is 29.5 Å². The highest BCUT2D eigenvalue weighted by molar-refractivity contribution is 6.42. The highest BCUT2D eigenvalue weighted by atomic mass is 35.5. The maximum atomic E-state index is 12.5. The van der Waals surface area contributed by atoms with Crippen LogP contribution in [0.25, 0.3) is 0 Å². The Bertz CT molecular complexity index is 853. The van der Waals surface area contributed by atoms with Gasteiger partial charge in [-0.25, -0.2) is 0 Å². The predicted molar refractivity (Wildman–Crippen MR) is 112 cm³/mol. The summed E-state index contributed by atoms with van der Waals surface area (Å²) in [6.07, 6.45) is 2.18. The van der Waals surface area contributed by atoms with Crippen molar-refractivity contribution in [1.82, 2.24) is 9.80 Å². The number of hydrogen-bond donors (Lipinski definition) is 0. The van der Waals surface area contributed by atoms with Gasteiger partial charge >= 0.3 is 0 Å². The zero-order chi connectivity index (χ0) is 19.9. The van der Waals surface area contributed by atoms with Crippen LogP contribution in [0, 0.1) is 11.3 Å². The average Bonchev–Trinajstić information content (AvgIpc) is 2.71. The van der Waals surface area contributed by atoms with Gasteiger partial charge in [0.05, 0.1) is 21.7 Å². The van der Waals surface area contributed by atoms with Gasteiger partial charge in [0.1, 0.15) is 0 Å². The Balaban J connectivity index is 1.39. The lowest BCUT2D eigenvalue weighted by Crippen LogP contribution is -2.48. The van der Waals surface area contributed by atoms with Gasteiger partial charge in [-0.05, 0) is 48.2 Å². The van der Waals surface area contributed by atoms with Gasteiger partial charge in [-0.3, -0.25) is 9.69 Å². The van der Waals surface area contributed by atoms with E-state index in [-0.39, 0.29) is 5.91 Å². The molecular formula is C22H23Cl2N3O. The van der Waals surface area contributed by atoms with Gasteiger partial charge in [-0.2, -0.15) is 5.26 Å². The van der Waals surface area contributed by atoms with E-state index in [1.54, 1.807) is 6.07 Å². The van der Waals surface area contributed by atoms with E-state index in [2.05, 4.69) is 11.0 Å². The fourth-order valence-corrected chi connectivity index (χ4v) is 3.72. The molecule has 28 heavy (non-hydrogen) atoms. The van der Waals surface area contributed by atoms with Crippen molar-refractivity contribution in [1.29, 1.82) is 5.26 Å². The first kappa shape index (κ1) is 20.7. The van der Waals surface area contributed by atoms with Crippen molar-refractivity contribution in [3.05, 3.63) is 69.2 Å². The van der Waals surface area contributed by atoms with Gasteiger partial charge in [-0.1, -0.05) is 41.4 Å². The molecule has 0 bridgehead atoms. The Morgan fingerprint density at radius 3 is 2.29 bits per heavy atom. The maximum absolute atomic E-state index is 12.5. The Kier molecular flexibility index (Phi) is 7.33. The first-order chi connectivity index (χ1) is 13.5. The van der Waals surface area contributed by atoms with Gasteiger partial charge in [0.2, 0.25) is 5.91 Å². The molecule has 0 atom stereocenters. The number of rotatable bonds is 6. The molecule has 6 heteroatoms. The fraction of sp³-hybridized carbons (Fsp3) is 0.364. The van der Waals surface area contributed by atoms with Crippen LogP contribution in [0.5, 0.6) is 0 Å². The highest BCUT2D eigenvalue weighted by Crippen LogP contribution is 2.23. The Hall–Kier alpha value is -2.06. The summed E-state index contributed by atoms with van der Waals surface area (Å²) < 4.78 is 0. The van der Waals surface area contributed by atoms with Gasteiger partial charge in [0.15, 0.2) is 0 Å². The van der Waals surface area contributed by atoms with Crippen LogP contribution >= 0.6 is 23.2 Å². The number of amides is 1. The third kappa shape index (κ3) is 5.72. The normalized spacial score (nSPS) is 14.7. The minimum absolute atomic E-state index is 0.220. The lowest BCUT2D eigenvalue weighted by atomic mass is 10.1. The molecule has 146 valence electrons. The Morgan fingerprint density at radius 2 is 1.64 bits per heavy atom. The first-order valence-electron chi connectivity index (χ1n) is 9.48. The van der Waals surface area contributed by atoms with Crippen LogP contribution in [-0.2, 0) is 17.8 Å². The molecule has 0 spiro atoms. The standard InChI is InChI=1S/C22H23Cl2N3O/c23-20-9-8-17(14-21(20)24)2-1-3-22(28)27-12-10-26(11-13-27)16-19-6-4-18(15-25)5-7-19/h4-9,14H,1-3,10-13,16H2. The molecular weight excluding hydrogens is 393 g/mol. The molecule has 0 saturated carbocycles. The van der Waals surface area contributed by atoms with E-state index in [9.17, 15) is 4.79 Å². The van der Waals surface area contributed by atoms with Crippen LogP contribution in [0.2, 0.25) is 10.0 Å². The molecule has 2 aromatic carbocycles. The number of aryl methyl sites for hydroxylation is 1. The molecule has 0 unspecified atom stereocenters. The molecule has 0 aliphatic carbocycles. The van der Waals surface area contributed by atoms with E-state index in [0.717, 1.165) is 51.1 Å². The Labute approximate surface area is 176 Å². The topological polar surface area (TPSA) is 47.3 Å². The molecule has 2 aromatic rings. The number of benzene rings is 2. The molecule has 1 aliphatic heterocycles. The number of nitrogens with zero attached hydrogens (tertiary/aromatic N) is 3. The zero-order valence-corrected chi connectivity index (χ0v) is 17.2. The lowest BCUT2D eigenvalue weighted by Gasteiger charge is -2.34. The van der Waals surface area contributed by atoms with Crippen LogP contribution in [-0.4, -0.2) is 41.9 Å². The zero-order valence-electron chi connectivity index (χ0n) is 15.7. The van der Waals surface area contributed by atoms with Crippen molar-refractivity contribution < 1.29 is 4.79 Å². The highest BCUT2D eigenvalue weighted by Gasteiger charge is 2.20. The number of carbonyl (C=O) groups excluding carboxylic acids is 1. The second kappa shape index (κ2) is 9.93. The lowest BCUT2D eigenvalue weighted by molar-refractivity contribution is -0.133. The molecule has 4 nitrogen and oxygen atoms in total. The molecule has 1 aliphatic rings. The second-order valence-corrected chi connectivity index (χ2v) is 7.88. The third-order valence-electron chi connectivity index (χ3n) is 5.05. The summed E-state index contributed by atoms with van der Waals surface area (Å²) in [5, 5.41) is 9.99. The first-order valence-corrected chi connectivity index (χ1v) is 10.2. The van der Waals surface area contributed by atoms with Crippen molar-refractivity contribution in [2.45, 2.75) is 25.8 Å². The van der Waals surface area contributed by atoms with Crippen molar-refractivity contribution in [2.75, 3.05) is 26.2 Å². The third-order valence-corrected chi connectivity index (χ3v) is 5.79. The number of hydrogen-bond acceptors (Lipinski definition) is 3. The molecule has 1 saturated heterocycles. The van der Waals surface area contributed by atoms with E-state index in [4.69, 9.17) is 28.5 Å². The second-order valence-electron chi connectivity index (χ2n) is 7.07. The van der Waals surface area contributed by atoms with Crippen molar-refractivity contribution in [3.63, 3.8) is 0 Å². The molecule has 0 N–H and O–H groups in total. The maximum Gasteiger partial charge on any atom is 0.222 e. The smallest absolute Gasteiger partial charge is 0.222 e. The van der Waals surface area contributed by atoms with Gasteiger partial charge < -0.3 is 4.90 Å². The van der Waals surface area contributed by atoms with Gasteiger partial charge in [0.25, 0.3) is 0 Å². The summed E-state index contributed by atoms with van der Waals surface area (Å²) in [6, 6.07) is 15.5. The summed E-state index contributed by atoms with van der Waals surface area (Å²) in [5.41, 5.74) is 2.98. The summed E-state index contributed by atoms with van der Waals surface area (Å²) in [7, 11) is 0. The van der Waals surface area contributed by atoms with Crippen LogP contribution in [0.15, 0.2) is 42.5 Å². The number of carbonyl (C=O) groups is 1. The molecule has 3 rings (SSSR count). The molecule has 0 aromatic heterocycles. The summed E-state index contributed by atoms with van der Waals surface area (Å²) in [5.74, 6) is 0.220. The minimum atomic E-state index is 0.220. The van der Waals surface area contributed by atoms with E-state index in [0.29, 0.717) is 22.0 Å². The number of nitriles is 1. The van der Waals surface area contributed by atoms with Crippen LogP contribution < -0.4 is 0 Å². The molecule has 1 amide bonds. The average molecular weight is 416 g/mol. The van der Waals surface area contributed by atoms with E-state index in [1.165, 1.54) is 5.56 Å². The molecule has 1 heterocycles. The predicted octanol–water partition coefficient (Wildman–Crippen LogP) is 4.53. The van der Waals surface area contributed by atoms with Crippen molar-refractivity contribution in [2.24, 2.45) is 0 Å². The van der Waals surface area contributed by atoms with Crippen LogP contribution in [0.4, 0.5) is 0 Å². The summed E-state index contributed by atoms with van der Waals surface area (Å²) >= 11 is 12.0. The summed E-state index contributed by atoms with van der Waals surface area (Å²) in [6.45, 7) is 4.13. The minimum Gasteiger partial charge on any atom is -0.340 e. The quantitative estimate of drug-likeness (QED) is 0.695. The largest absolute Gasteiger partial charge is 0.340 e. The van der Waals surface area contributed by atoms with E-state index in [1.807, 2.05) is 41.3 Å². The SMILES string of the molecule is N#Cc1ccc(CN2CCN(C(=O)CCCc3ccc(Cl)c(Cl)c3)CC2)cc1. The van der Waals surface area contributed by atoms with Crippen LogP contribution in [0.3, 0.4) is 0 Å². The van der Waals surface area contributed by atoms with Crippen molar-refractivity contribution >= 4 is 29.1 Å². The van der Waals surface area contributed by atoms with Gasteiger partial charge in [0, 0.05) is 39.1 Å². The van der Waals surface area contributed by atoms with Gasteiger partial charge in [-0.15, -0.1) is 0 Å². The molecule has 1 fully saturated rings. The van der Waals surface area contributed by atoms with E-state index < -0.39 is 0 Å². The van der Waals surface area contributed by atoms with E-state index >= 15 is 0 Å². The monoisotopic (exact) mass is 415 g/mol. The fourth-order valence-electron chi connectivity index (χ4n) is 3.40. The molecule has 0 radical (unpaired) electrons. The number of halogens is 2. The Morgan fingerprint density at radius 1 is 0.964 bits per heavy atom. The van der Waals surface area contributed by atoms with Crippen molar-refractivity contribution in [3.8, 4) is 6.07 Å². The summed E-state index contributed by atoms with van der Waals surface area (Å²) in [4.78, 5) is 16.8.